The molecule has 0 fully saturated rings. The molecule has 0 saturated heterocycles. The van der Waals surface area contributed by atoms with Crippen LogP contribution in [0.15, 0.2) is 30.3 Å². The number of methoxy groups -OCH3 is 2. The van der Waals surface area contributed by atoms with Gasteiger partial charge in [-0.2, -0.15) is 0 Å². The van der Waals surface area contributed by atoms with Crippen LogP contribution in [0.25, 0.3) is 11.1 Å². The van der Waals surface area contributed by atoms with E-state index in [1.807, 2.05) is 6.07 Å². The quantitative estimate of drug-likeness (QED) is 0.909. The molecule has 0 radical (unpaired) electrons. The van der Waals surface area contributed by atoms with E-state index in [0.29, 0.717) is 34.2 Å². The van der Waals surface area contributed by atoms with Gasteiger partial charge in [0.1, 0.15) is 22.3 Å². The van der Waals surface area contributed by atoms with Gasteiger partial charge in [-0.05, 0) is 30.8 Å². The molecule has 0 aliphatic carbocycles. The van der Waals surface area contributed by atoms with E-state index in [0.717, 1.165) is 5.56 Å². The number of hydrogen-bond acceptors (Lipinski definition) is 3. The molecule has 0 aromatic heterocycles. The molecular formula is C16H17ClFNO2. The Kier molecular flexibility index (Phi) is 5.04. The zero-order valence-corrected chi connectivity index (χ0v) is 12.9. The second kappa shape index (κ2) is 6.78. The lowest BCUT2D eigenvalue weighted by Gasteiger charge is -2.14. The van der Waals surface area contributed by atoms with Gasteiger partial charge in [-0.25, -0.2) is 4.39 Å². The number of benzene rings is 2. The van der Waals surface area contributed by atoms with Gasteiger partial charge in [-0.15, -0.1) is 0 Å². The van der Waals surface area contributed by atoms with Crippen molar-refractivity contribution in [1.29, 1.82) is 0 Å². The third-order valence-corrected chi connectivity index (χ3v) is 3.57. The third kappa shape index (κ3) is 3.12. The fraction of sp³-hybridized carbons (Fsp3) is 0.250. The number of ether oxygens (including phenoxy) is 2. The molecule has 1 N–H and O–H groups in total. The molecular weight excluding hydrogens is 293 g/mol. The first-order valence-electron chi connectivity index (χ1n) is 6.46. The second-order valence-electron chi connectivity index (χ2n) is 4.50. The van der Waals surface area contributed by atoms with Crippen molar-refractivity contribution >= 4 is 11.6 Å². The fourth-order valence-corrected chi connectivity index (χ4v) is 2.49. The Morgan fingerprint density at radius 2 is 1.90 bits per heavy atom. The summed E-state index contributed by atoms with van der Waals surface area (Å²) in [5.41, 5.74) is 2.03. The lowest BCUT2D eigenvalue weighted by molar-refractivity contribution is 0.396. The Labute approximate surface area is 128 Å². The maximum Gasteiger partial charge on any atom is 0.149 e. The van der Waals surface area contributed by atoms with Gasteiger partial charge in [0.25, 0.3) is 0 Å². The molecule has 112 valence electrons. The first-order chi connectivity index (χ1) is 10.1. The highest BCUT2D eigenvalue weighted by molar-refractivity contribution is 6.34. The van der Waals surface area contributed by atoms with Gasteiger partial charge < -0.3 is 14.8 Å². The van der Waals surface area contributed by atoms with Crippen LogP contribution in [-0.2, 0) is 6.54 Å². The molecule has 0 bridgehead atoms. The van der Waals surface area contributed by atoms with Gasteiger partial charge in [0.15, 0.2) is 0 Å². The van der Waals surface area contributed by atoms with E-state index in [1.165, 1.54) is 20.3 Å². The topological polar surface area (TPSA) is 30.5 Å². The molecule has 0 aliphatic rings. The second-order valence-corrected chi connectivity index (χ2v) is 4.88. The SMILES string of the molecule is CNCc1ccc(-c2ccc(OC)c(Cl)c2OC)cc1F. The maximum atomic E-state index is 14.1. The lowest BCUT2D eigenvalue weighted by atomic mass is 10.0. The summed E-state index contributed by atoms with van der Waals surface area (Å²) in [6, 6.07) is 8.61. The summed E-state index contributed by atoms with van der Waals surface area (Å²) in [5, 5.41) is 3.30. The summed E-state index contributed by atoms with van der Waals surface area (Å²) in [4.78, 5) is 0. The molecule has 0 heterocycles. The molecule has 3 nitrogen and oxygen atoms in total. The zero-order valence-electron chi connectivity index (χ0n) is 12.2. The van der Waals surface area contributed by atoms with E-state index in [4.69, 9.17) is 21.1 Å². The summed E-state index contributed by atoms with van der Waals surface area (Å²) in [6.07, 6.45) is 0. The first kappa shape index (κ1) is 15.6. The van der Waals surface area contributed by atoms with Crippen LogP contribution in [0, 0.1) is 5.82 Å². The van der Waals surface area contributed by atoms with Crippen molar-refractivity contribution in [2.75, 3.05) is 21.3 Å². The van der Waals surface area contributed by atoms with Crippen LogP contribution < -0.4 is 14.8 Å². The molecule has 21 heavy (non-hydrogen) atoms. The van der Waals surface area contributed by atoms with E-state index in [9.17, 15) is 4.39 Å². The van der Waals surface area contributed by atoms with Crippen LogP contribution in [0.4, 0.5) is 4.39 Å². The monoisotopic (exact) mass is 309 g/mol. The zero-order chi connectivity index (χ0) is 15.4. The van der Waals surface area contributed by atoms with Gasteiger partial charge in [-0.1, -0.05) is 23.7 Å². The highest BCUT2D eigenvalue weighted by atomic mass is 35.5. The number of rotatable bonds is 5. The normalized spacial score (nSPS) is 10.5. The Hall–Kier alpha value is -1.78. The van der Waals surface area contributed by atoms with Crippen molar-refractivity contribution < 1.29 is 13.9 Å². The molecule has 2 aromatic rings. The smallest absolute Gasteiger partial charge is 0.149 e. The van der Waals surface area contributed by atoms with Gasteiger partial charge >= 0.3 is 0 Å². The summed E-state index contributed by atoms with van der Waals surface area (Å²) >= 11 is 6.23. The number of nitrogens with one attached hydrogen (secondary N) is 1. The predicted octanol–water partition coefficient (Wildman–Crippen LogP) is 3.88. The van der Waals surface area contributed by atoms with Crippen molar-refractivity contribution in [1.82, 2.24) is 5.32 Å². The number of halogens is 2. The summed E-state index contributed by atoms with van der Waals surface area (Å²) in [6.45, 7) is 0.479. The van der Waals surface area contributed by atoms with Crippen molar-refractivity contribution in [3.05, 3.63) is 46.7 Å². The van der Waals surface area contributed by atoms with Crippen LogP contribution in [0.3, 0.4) is 0 Å². The third-order valence-electron chi connectivity index (χ3n) is 3.22. The molecule has 0 unspecified atom stereocenters. The van der Waals surface area contributed by atoms with E-state index in [1.54, 1.807) is 25.2 Å². The minimum absolute atomic E-state index is 0.268. The highest BCUT2D eigenvalue weighted by Crippen LogP contribution is 2.41. The minimum Gasteiger partial charge on any atom is -0.495 e. The fourth-order valence-electron chi connectivity index (χ4n) is 2.17. The van der Waals surface area contributed by atoms with E-state index in [2.05, 4.69) is 5.32 Å². The highest BCUT2D eigenvalue weighted by Gasteiger charge is 2.15. The van der Waals surface area contributed by atoms with Gasteiger partial charge in [0.2, 0.25) is 0 Å². The maximum absolute atomic E-state index is 14.1. The van der Waals surface area contributed by atoms with Crippen LogP contribution in [0.1, 0.15) is 5.56 Å². The van der Waals surface area contributed by atoms with Crippen LogP contribution in [0.5, 0.6) is 11.5 Å². The average Bonchev–Trinajstić information content (AvgIpc) is 2.49. The van der Waals surface area contributed by atoms with Crippen molar-refractivity contribution in [2.24, 2.45) is 0 Å². The van der Waals surface area contributed by atoms with Gasteiger partial charge in [-0.3, -0.25) is 0 Å². The Morgan fingerprint density at radius 1 is 1.14 bits per heavy atom. The molecule has 5 heteroatoms. The largest absolute Gasteiger partial charge is 0.495 e. The standard InChI is InChI=1S/C16H17ClFNO2/c1-19-9-11-5-4-10(8-13(11)18)12-6-7-14(20-2)15(17)16(12)21-3/h4-8,19H,9H2,1-3H3. The van der Waals surface area contributed by atoms with Crippen LogP contribution >= 0.6 is 11.6 Å². The molecule has 0 amide bonds. The molecule has 0 atom stereocenters. The lowest BCUT2D eigenvalue weighted by Crippen LogP contribution is -2.06. The van der Waals surface area contributed by atoms with E-state index in [-0.39, 0.29) is 5.82 Å². The Bertz CT molecular complexity index is 646. The Morgan fingerprint density at radius 3 is 2.48 bits per heavy atom. The minimum atomic E-state index is -0.268. The number of hydrogen-bond donors (Lipinski definition) is 1. The molecule has 0 spiro atoms. The first-order valence-corrected chi connectivity index (χ1v) is 6.84. The molecule has 0 aliphatic heterocycles. The molecule has 2 rings (SSSR count). The van der Waals surface area contributed by atoms with Crippen molar-refractivity contribution in [3.63, 3.8) is 0 Å². The van der Waals surface area contributed by atoms with Crippen molar-refractivity contribution in [3.8, 4) is 22.6 Å². The van der Waals surface area contributed by atoms with Crippen LogP contribution in [0.2, 0.25) is 5.02 Å². The summed E-state index contributed by atoms with van der Waals surface area (Å²) in [7, 11) is 4.84. The van der Waals surface area contributed by atoms with Gasteiger partial charge in [0.05, 0.1) is 14.2 Å². The Balaban J connectivity index is 2.51. The molecule has 0 saturated carbocycles. The summed E-state index contributed by atoms with van der Waals surface area (Å²) in [5.74, 6) is 0.720. The van der Waals surface area contributed by atoms with E-state index >= 15 is 0 Å². The van der Waals surface area contributed by atoms with E-state index < -0.39 is 0 Å². The summed E-state index contributed by atoms with van der Waals surface area (Å²) < 4.78 is 24.6. The average molecular weight is 310 g/mol. The van der Waals surface area contributed by atoms with Crippen LogP contribution in [-0.4, -0.2) is 21.3 Å². The molecule has 2 aromatic carbocycles. The van der Waals surface area contributed by atoms with Gasteiger partial charge in [0, 0.05) is 17.7 Å². The van der Waals surface area contributed by atoms with Crippen molar-refractivity contribution in [2.45, 2.75) is 6.54 Å². The predicted molar refractivity (Wildman–Crippen MR) is 82.7 cm³/mol.